The highest BCUT2D eigenvalue weighted by Crippen LogP contribution is 2.40. The van der Waals surface area contributed by atoms with Gasteiger partial charge in [-0.05, 0) is 45.1 Å². The van der Waals surface area contributed by atoms with E-state index in [0.29, 0.717) is 12.5 Å². The van der Waals surface area contributed by atoms with Gasteiger partial charge >= 0.3 is 5.97 Å². The molecule has 5 heteroatoms. The summed E-state index contributed by atoms with van der Waals surface area (Å²) in [6, 6.07) is 0. The van der Waals surface area contributed by atoms with Crippen LogP contribution in [0.3, 0.4) is 0 Å². The maximum Gasteiger partial charge on any atom is 0.310 e. The fraction of sp³-hybridized carbons (Fsp3) is 0.944. The van der Waals surface area contributed by atoms with Crippen LogP contribution in [-0.4, -0.2) is 44.7 Å². The lowest BCUT2D eigenvalue weighted by atomic mass is 9.80. The molecule has 1 unspecified atom stereocenters. The van der Waals surface area contributed by atoms with Gasteiger partial charge in [-0.15, -0.1) is 0 Å². The molecule has 23 heavy (non-hydrogen) atoms. The fourth-order valence-corrected chi connectivity index (χ4v) is 3.76. The lowest BCUT2D eigenvalue weighted by Gasteiger charge is -2.36. The molecule has 2 fully saturated rings. The van der Waals surface area contributed by atoms with Gasteiger partial charge in [0.1, 0.15) is 0 Å². The highest BCUT2D eigenvalue weighted by Gasteiger charge is 2.41. The maximum absolute atomic E-state index is 12.1. The molecule has 2 atom stereocenters. The van der Waals surface area contributed by atoms with E-state index in [1.54, 1.807) is 0 Å². The van der Waals surface area contributed by atoms with E-state index in [1.807, 2.05) is 6.92 Å². The van der Waals surface area contributed by atoms with Gasteiger partial charge in [0.2, 0.25) is 0 Å². The molecule has 0 aromatic rings. The third-order valence-corrected chi connectivity index (χ3v) is 4.94. The van der Waals surface area contributed by atoms with Crippen LogP contribution in [0.25, 0.3) is 0 Å². The zero-order chi connectivity index (χ0) is 16.5. The van der Waals surface area contributed by atoms with E-state index in [2.05, 4.69) is 12.2 Å². The van der Waals surface area contributed by atoms with Crippen molar-refractivity contribution < 1.29 is 19.0 Å². The van der Waals surface area contributed by atoms with Crippen molar-refractivity contribution in [3.8, 4) is 0 Å². The van der Waals surface area contributed by atoms with Crippen LogP contribution < -0.4 is 5.32 Å². The minimum atomic E-state index is -0.317. The fourth-order valence-electron chi connectivity index (χ4n) is 3.76. The Hall–Kier alpha value is -0.650. The van der Waals surface area contributed by atoms with Crippen LogP contribution in [0.1, 0.15) is 58.8 Å². The average Bonchev–Trinajstić information content (AvgIpc) is 2.98. The number of hydrogen-bond acceptors (Lipinski definition) is 5. The second-order valence-electron chi connectivity index (χ2n) is 6.80. The Morgan fingerprint density at radius 2 is 2.13 bits per heavy atom. The van der Waals surface area contributed by atoms with Gasteiger partial charge in [0.05, 0.1) is 25.7 Å². The van der Waals surface area contributed by atoms with E-state index in [1.165, 1.54) is 6.42 Å². The largest absolute Gasteiger partial charge is 0.466 e. The number of carbonyl (C=O) groups is 1. The first kappa shape index (κ1) is 18.7. The van der Waals surface area contributed by atoms with E-state index in [-0.39, 0.29) is 17.7 Å². The van der Waals surface area contributed by atoms with Crippen molar-refractivity contribution in [2.24, 2.45) is 11.8 Å². The Balaban J connectivity index is 1.80. The molecule has 1 heterocycles. The first-order valence-corrected chi connectivity index (χ1v) is 9.34. The van der Waals surface area contributed by atoms with Gasteiger partial charge in [0.15, 0.2) is 5.79 Å². The molecular formula is C18H33NO4. The first-order chi connectivity index (χ1) is 11.2. The monoisotopic (exact) mass is 327 g/mol. The quantitative estimate of drug-likeness (QED) is 0.521. The number of carbonyl (C=O) groups excluding carboxylic acids is 1. The smallest absolute Gasteiger partial charge is 0.310 e. The van der Waals surface area contributed by atoms with Crippen LogP contribution in [0.4, 0.5) is 0 Å². The maximum atomic E-state index is 12.1. The van der Waals surface area contributed by atoms with E-state index in [9.17, 15) is 4.79 Å². The van der Waals surface area contributed by atoms with E-state index < -0.39 is 0 Å². The Kier molecular flexibility index (Phi) is 7.80. The van der Waals surface area contributed by atoms with Crippen molar-refractivity contribution in [1.29, 1.82) is 0 Å². The van der Waals surface area contributed by atoms with Crippen molar-refractivity contribution in [3.05, 3.63) is 0 Å². The molecule has 1 saturated heterocycles. The molecule has 1 aliphatic carbocycles. The molecule has 0 amide bonds. The van der Waals surface area contributed by atoms with Crippen molar-refractivity contribution in [1.82, 2.24) is 5.32 Å². The van der Waals surface area contributed by atoms with E-state index in [0.717, 1.165) is 64.8 Å². The second kappa shape index (κ2) is 9.60. The lowest BCUT2D eigenvalue weighted by molar-refractivity contribution is -0.187. The Bertz CT molecular complexity index is 355. The number of esters is 1. The molecule has 0 radical (unpaired) electrons. The molecule has 1 aliphatic heterocycles. The minimum Gasteiger partial charge on any atom is -0.466 e. The summed E-state index contributed by atoms with van der Waals surface area (Å²) < 4.78 is 17.0. The van der Waals surface area contributed by atoms with Crippen LogP contribution in [0.15, 0.2) is 0 Å². The molecule has 0 aromatic heterocycles. The van der Waals surface area contributed by atoms with Gasteiger partial charge < -0.3 is 19.5 Å². The summed E-state index contributed by atoms with van der Waals surface area (Å²) in [6.07, 6.45) is 7.38. The minimum absolute atomic E-state index is 0.0372. The highest BCUT2D eigenvalue weighted by molar-refractivity contribution is 5.72. The van der Waals surface area contributed by atoms with Gasteiger partial charge in [-0.2, -0.15) is 0 Å². The normalized spacial score (nSPS) is 24.7. The van der Waals surface area contributed by atoms with Crippen molar-refractivity contribution in [3.63, 3.8) is 0 Å². The summed E-state index contributed by atoms with van der Waals surface area (Å²) in [4.78, 5) is 12.1. The third kappa shape index (κ3) is 5.73. The highest BCUT2D eigenvalue weighted by atomic mass is 16.7. The summed E-state index contributed by atoms with van der Waals surface area (Å²) in [5.74, 6) is 0.174. The number of rotatable bonds is 9. The molecule has 1 N–H and O–H groups in total. The molecule has 134 valence electrons. The average molecular weight is 327 g/mol. The van der Waals surface area contributed by atoms with Gasteiger partial charge in [-0.1, -0.05) is 13.3 Å². The summed E-state index contributed by atoms with van der Waals surface area (Å²) in [6.45, 7) is 7.57. The standard InChI is InChI=1S/C18H33NO4/c1-3-10-19-14-16(17(20)21-4-2)8-7-15-6-5-9-18(13-15)22-11-12-23-18/h15-16,19H,3-14H2,1-2H3/t15?,16-/m1/s1. The molecule has 0 aromatic carbocycles. The Labute approximate surface area is 140 Å². The van der Waals surface area contributed by atoms with Gasteiger partial charge in [0, 0.05) is 19.4 Å². The SMILES string of the molecule is CCCNC[C@@H](CCC1CCCC2(C1)OCCO2)C(=O)OCC. The molecule has 2 rings (SSSR count). The summed E-state index contributed by atoms with van der Waals surface area (Å²) in [7, 11) is 0. The number of nitrogens with one attached hydrogen (secondary N) is 1. The predicted molar refractivity (Wildman–Crippen MR) is 89.1 cm³/mol. The molecule has 1 spiro atoms. The van der Waals surface area contributed by atoms with Gasteiger partial charge in [0.25, 0.3) is 0 Å². The van der Waals surface area contributed by atoms with Crippen molar-refractivity contribution in [2.75, 3.05) is 32.9 Å². The summed E-state index contributed by atoms with van der Waals surface area (Å²) in [5.41, 5.74) is 0. The zero-order valence-electron chi connectivity index (χ0n) is 14.8. The third-order valence-electron chi connectivity index (χ3n) is 4.94. The zero-order valence-corrected chi connectivity index (χ0v) is 14.8. The topological polar surface area (TPSA) is 56.8 Å². The molecule has 0 bridgehead atoms. The Morgan fingerprint density at radius 1 is 1.35 bits per heavy atom. The van der Waals surface area contributed by atoms with Crippen molar-refractivity contribution in [2.45, 2.75) is 64.6 Å². The number of hydrogen-bond donors (Lipinski definition) is 1. The molecule has 1 saturated carbocycles. The van der Waals surface area contributed by atoms with Crippen LogP contribution in [0.2, 0.25) is 0 Å². The summed E-state index contributed by atoms with van der Waals surface area (Å²) >= 11 is 0. The van der Waals surface area contributed by atoms with Crippen LogP contribution in [-0.2, 0) is 19.0 Å². The van der Waals surface area contributed by atoms with Gasteiger partial charge in [-0.25, -0.2) is 0 Å². The molecular weight excluding hydrogens is 294 g/mol. The van der Waals surface area contributed by atoms with Crippen LogP contribution in [0, 0.1) is 11.8 Å². The Morgan fingerprint density at radius 3 is 2.83 bits per heavy atom. The predicted octanol–water partition coefficient (Wildman–Crippen LogP) is 2.88. The lowest BCUT2D eigenvalue weighted by Crippen LogP contribution is -2.37. The van der Waals surface area contributed by atoms with E-state index >= 15 is 0 Å². The van der Waals surface area contributed by atoms with Gasteiger partial charge in [-0.3, -0.25) is 4.79 Å². The molecule has 2 aliphatic rings. The number of ether oxygens (including phenoxy) is 3. The second-order valence-corrected chi connectivity index (χ2v) is 6.80. The van der Waals surface area contributed by atoms with Crippen LogP contribution >= 0.6 is 0 Å². The van der Waals surface area contributed by atoms with Crippen molar-refractivity contribution >= 4 is 5.97 Å². The van der Waals surface area contributed by atoms with Crippen LogP contribution in [0.5, 0.6) is 0 Å². The first-order valence-electron chi connectivity index (χ1n) is 9.34. The van der Waals surface area contributed by atoms with E-state index in [4.69, 9.17) is 14.2 Å². The molecule has 5 nitrogen and oxygen atoms in total. The summed E-state index contributed by atoms with van der Waals surface area (Å²) in [5, 5.41) is 3.36.